The van der Waals surface area contributed by atoms with Crippen LogP contribution in [0.2, 0.25) is 0 Å². The Morgan fingerprint density at radius 2 is 1.65 bits per heavy atom. The van der Waals surface area contributed by atoms with E-state index in [9.17, 15) is 0 Å². The molecule has 1 aliphatic rings. The van der Waals surface area contributed by atoms with Gasteiger partial charge in [-0.05, 0) is 30.3 Å². The van der Waals surface area contributed by atoms with Crippen molar-refractivity contribution in [1.29, 1.82) is 0 Å². The van der Waals surface area contributed by atoms with Gasteiger partial charge in [-0.25, -0.2) is 0 Å². The van der Waals surface area contributed by atoms with E-state index in [4.69, 9.17) is 9.47 Å². The highest BCUT2D eigenvalue weighted by Crippen LogP contribution is 2.33. The molecule has 2 aromatic rings. The highest BCUT2D eigenvalue weighted by molar-refractivity contribution is 5.46. The van der Waals surface area contributed by atoms with Crippen LogP contribution in [0, 0.1) is 0 Å². The topological polar surface area (TPSA) is 30.5 Å². The zero-order valence-electron chi connectivity index (χ0n) is 11.6. The van der Waals surface area contributed by atoms with Crippen molar-refractivity contribution in [3.63, 3.8) is 0 Å². The van der Waals surface area contributed by atoms with Gasteiger partial charge in [0.15, 0.2) is 11.5 Å². The third-order valence-corrected chi connectivity index (χ3v) is 3.53. The van der Waals surface area contributed by atoms with E-state index in [1.54, 1.807) is 0 Å². The van der Waals surface area contributed by atoms with Crippen molar-refractivity contribution in [2.75, 3.05) is 20.3 Å². The highest BCUT2D eigenvalue weighted by Gasteiger charge is 2.16. The van der Waals surface area contributed by atoms with E-state index in [0.29, 0.717) is 6.61 Å². The third-order valence-electron chi connectivity index (χ3n) is 3.53. The fraction of sp³-hybridized carbons (Fsp3) is 0.294. The van der Waals surface area contributed by atoms with Crippen LogP contribution in [0.3, 0.4) is 0 Å². The molecule has 3 rings (SSSR count). The first-order valence-electron chi connectivity index (χ1n) is 7.00. The molecule has 0 aromatic heterocycles. The Balaban J connectivity index is 1.94. The summed E-state index contributed by atoms with van der Waals surface area (Å²) >= 11 is 0. The maximum Gasteiger partial charge on any atom is 0.161 e. The second-order valence-corrected chi connectivity index (χ2v) is 4.89. The van der Waals surface area contributed by atoms with Gasteiger partial charge in [-0.15, -0.1) is 0 Å². The predicted octanol–water partition coefficient (Wildman–Crippen LogP) is 3.16. The standard InChI is InChI=1S/C17H19NO2/c1-18-17(13-6-3-2-4-7-13)14-8-9-15-16(12-14)20-11-5-10-19-15/h2-4,6-9,12,17-18H,5,10-11H2,1H3. The van der Waals surface area contributed by atoms with Gasteiger partial charge in [0.1, 0.15) is 0 Å². The molecule has 1 atom stereocenters. The molecule has 104 valence electrons. The molecule has 2 aromatic carbocycles. The van der Waals surface area contributed by atoms with Crippen molar-refractivity contribution in [1.82, 2.24) is 5.32 Å². The van der Waals surface area contributed by atoms with Gasteiger partial charge >= 0.3 is 0 Å². The molecule has 1 aliphatic heterocycles. The second-order valence-electron chi connectivity index (χ2n) is 4.89. The average molecular weight is 269 g/mol. The zero-order chi connectivity index (χ0) is 13.8. The maximum atomic E-state index is 5.77. The molecule has 0 amide bonds. The van der Waals surface area contributed by atoms with Crippen LogP contribution in [-0.4, -0.2) is 20.3 Å². The van der Waals surface area contributed by atoms with Crippen molar-refractivity contribution in [3.05, 3.63) is 59.7 Å². The minimum atomic E-state index is 0.161. The van der Waals surface area contributed by atoms with Crippen LogP contribution < -0.4 is 14.8 Å². The molecule has 0 radical (unpaired) electrons. The molecule has 0 saturated heterocycles. The Labute approximate surface area is 119 Å². The molecule has 0 fully saturated rings. The van der Waals surface area contributed by atoms with E-state index in [2.05, 4.69) is 41.7 Å². The molecule has 1 heterocycles. The maximum absolute atomic E-state index is 5.77. The summed E-state index contributed by atoms with van der Waals surface area (Å²) in [5.41, 5.74) is 2.42. The first-order valence-corrected chi connectivity index (χ1v) is 7.00. The number of benzene rings is 2. The Bertz CT molecular complexity index is 568. The van der Waals surface area contributed by atoms with Crippen LogP contribution in [0.25, 0.3) is 0 Å². The minimum Gasteiger partial charge on any atom is -0.490 e. The lowest BCUT2D eigenvalue weighted by molar-refractivity contribution is 0.297. The summed E-state index contributed by atoms with van der Waals surface area (Å²) in [4.78, 5) is 0. The monoisotopic (exact) mass is 269 g/mol. The molecule has 3 heteroatoms. The van der Waals surface area contributed by atoms with Gasteiger partial charge in [0.25, 0.3) is 0 Å². The van der Waals surface area contributed by atoms with Crippen LogP contribution in [0.5, 0.6) is 11.5 Å². The van der Waals surface area contributed by atoms with E-state index in [-0.39, 0.29) is 6.04 Å². The summed E-state index contributed by atoms with van der Waals surface area (Å²) in [6.07, 6.45) is 0.929. The zero-order valence-corrected chi connectivity index (χ0v) is 11.6. The van der Waals surface area contributed by atoms with E-state index >= 15 is 0 Å². The second kappa shape index (κ2) is 5.97. The Hall–Kier alpha value is -2.00. The number of hydrogen-bond acceptors (Lipinski definition) is 3. The van der Waals surface area contributed by atoms with Crippen molar-refractivity contribution < 1.29 is 9.47 Å². The lowest BCUT2D eigenvalue weighted by Crippen LogP contribution is -2.17. The van der Waals surface area contributed by atoms with E-state index < -0.39 is 0 Å². The molecule has 0 aliphatic carbocycles. The smallest absolute Gasteiger partial charge is 0.161 e. The number of nitrogens with one attached hydrogen (secondary N) is 1. The van der Waals surface area contributed by atoms with Crippen LogP contribution in [0.4, 0.5) is 0 Å². The molecule has 1 unspecified atom stereocenters. The Kier molecular flexibility index (Phi) is 3.88. The van der Waals surface area contributed by atoms with Gasteiger partial charge in [-0.3, -0.25) is 0 Å². The SMILES string of the molecule is CNC(c1ccccc1)c1ccc2c(c1)OCCCO2. The Morgan fingerprint density at radius 3 is 2.40 bits per heavy atom. The van der Waals surface area contributed by atoms with Gasteiger partial charge in [0.2, 0.25) is 0 Å². The Morgan fingerprint density at radius 1 is 0.900 bits per heavy atom. The van der Waals surface area contributed by atoms with Crippen LogP contribution in [-0.2, 0) is 0 Å². The number of ether oxygens (including phenoxy) is 2. The van der Waals surface area contributed by atoms with Crippen molar-refractivity contribution in [3.8, 4) is 11.5 Å². The fourth-order valence-electron chi connectivity index (χ4n) is 2.53. The lowest BCUT2D eigenvalue weighted by Gasteiger charge is -2.18. The average Bonchev–Trinajstić information content (AvgIpc) is 2.74. The van der Waals surface area contributed by atoms with E-state index in [0.717, 1.165) is 24.5 Å². The van der Waals surface area contributed by atoms with Crippen molar-refractivity contribution >= 4 is 0 Å². The van der Waals surface area contributed by atoms with Crippen LogP contribution >= 0.6 is 0 Å². The van der Waals surface area contributed by atoms with Gasteiger partial charge in [-0.2, -0.15) is 0 Å². The first-order chi connectivity index (χ1) is 9.88. The summed E-state index contributed by atoms with van der Waals surface area (Å²) in [6.45, 7) is 1.44. The van der Waals surface area contributed by atoms with Gasteiger partial charge in [0.05, 0.1) is 19.3 Å². The van der Waals surface area contributed by atoms with Crippen molar-refractivity contribution in [2.24, 2.45) is 0 Å². The fourth-order valence-corrected chi connectivity index (χ4v) is 2.53. The lowest BCUT2D eigenvalue weighted by atomic mass is 9.98. The molecule has 0 bridgehead atoms. The van der Waals surface area contributed by atoms with E-state index in [1.165, 1.54) is 11.1 Å². The van der Waals surface area contributed by atoms with Gasteiger partial charge < -0.3 is 14.8 Å². The largest absolute Gasteiger partial charge is 0.490 e. The number of rotatable bonds is 3. The number of fused-ring (bicyclic) bond motifs is 1. The quantitative estimate of drug-likeness (QED) is 0.928. The summed E-state index contributed by atoms with van der Waals surface area (Å²) in [5.74, 6) is 1.69. The highest BCUT2D eigenvalue weighted by atomic mass is 16.5. The third kappa shape index (κ3) is 2.63. The molecule has 20 heavy (non-hydrogen) atoms. The molecule has 0 saturated carbocycles. The molecule has 1 N–H and O–H groups in total. The predicted molar refractivity (Wildman–Crippen MR) is 79.4 cm³/mol. The number of hydrogen-bond donors (Lipinski definition) is 1. The summed E-state index contributed by atoms with van der Waals surface area (Å²) in [6, 6.07) is 16.7. The molecular weight excluding hydrogens is 250 g/mol. The van der Waals surface area contributed by atoms with Crippen LogP contribution in [0.1, 0.15) is 23.6 Å². The van der Waals surface area contributed by atoms with Gasteiger partial charge in [-0.1, -0.05) is 36.4 Å². The normalized spacial score (nSPS) is 15.4. The first kappa shape index (κ1) is 13.0. The molecule has 0 spiro atoms. The molecule has 3 nitrogen and oxygen atoms in total. The summed E-state index contributed by atoms with van der Waals surface area (Å²) in [7, 11) is 1.97. The van der Waals surface area contributed by atoms with E-state index in [1.807, 2.05) is 19.2 Å². The summed E-state index contributed by atoms with van der Waals surface area (Å²) < 4.78 is 11.4. The van der Waals surface area contributed by atoms with Crippen LogP contribution in [0.15, 0.2) is 48.5 Å². The molecular formula is C17H19NO2. The minimum absolute atomic E-state index is 0.161. The van der Waals surface area contributed by atoms with Crippen molar-refractivity contribution in [2.45, 2.75) is 12.5 Å². The summed E-state index contributed by atoms with van der Waals surface area (Å²) in [5, 5.41) is 3.36. The van der Waals surface area contributed by atoms with Gasteiger partial charge in [0, 0.05) is 6.42 Å².